The molecule has 0 aromatic heterocycles. The molecule has 3 rings (SSSR count). The van der Waals surface area contributed by atoms with Crippen molar-refractivity contribution in [3.8, 4) is 16.9 Å². The van der Waals surface area contributed by atoms with Crippen LogP contribution in [-0.2, 0) is 5.33 Å². The summed E-state index contributed by atoms with van der Waals surface area (Å²) in [7, 11) is 1.65. The van der Waals surface area contributed by atoms with Crippen LogP contribution in [0, 0.1) is 0 Å². The summed E-state index contributed by atoms with van der Waals surface area (Å²) >= 11 is 9.84. The van der Waals surface area contributed by atoms with Crippen LogP contribution in [0.5, 0.6) is 5.75 Å². The third kappa shape index (κ3) is 2.66. The van der Waals surface area contributed by atoms with Crippen LogP contribution in [0.15, 0.2) is 54.6 Å². The number of para-hydroxylation sites is 1. The van der Waals surface area contributed by atoms with Gasteiger partial charge in [0.25, 0.3) is 0 Å². The van der Waals surface area contributed by atoms with Gasteiger partial charge in [0.15, 0.2) is 0 Å². The molecule has 1 nitrogen and oxygen atoms in total. The van der Waals surface area contributed by atoms with Gasteiger partial charge < -0.3 is 4.74 Å². The van der Waals surface area contributed by atoms with Crippen LogP contribution in [-0.4, -0.2) is 7.11 Å². The summed E-state index contributed by atoms with van der Waals surface area (Å²) in [6.45, 7) is 0. The lowest BCUT2D eigenvalue weighted by Crippen LogP contribution is -1.92. The van der Waals surface area contributed by atoms with Crippen molar-refractivity contribution in [2.45, 2.75) is 5.33 Å². The molecular formula is C18H14BrClO. The monoisotopic (exact) mass is 360 g/mol. The zero-order chi connectivity index (χ0) is 14.8. The molecule has 0 saturated carbocycles. The van der Waals surface area contributed by atoms with E-state index in [2.05, 4.69) is 52.3 Å². The van der Waals surface area contributed by atoms with Gasteiger partial charge >= 0.3 is 0 Å². The Balaban J connectivity index is 2.31. The number of ether oxygens (including phenoxy) is 1. The molecule has 21 heavy (non-hydrogen) atoms. The van der Waals surface area contributed by atoms with Gasteiger partial charge in [-0.3, -0.25) is 0 Å². The maximum atomic E-state index is 6.26. The normalized spacial score (nSPS) is 10.8. The average molecular weight is 362 g/mol. The number of benzene rings is 3. The Morgan fingerprint density at radius 2 is 1.67 bits per heavy atom. The lowest BCUT2D eigenvalue weighted by atomic mass is 9.96. The molecule has 0 heterocycles. The lowest BCUT2D eigenvalue weighted by molar-refractivity contribution is 0.416. The molecular weight excluding hydrogens is 348 g/mol. The van der Waals surface area contributed by atoms with Crippen LogP contribution in [0.3, 0.4) is 0 Å². The predicted molar refractivity (Wildman–Crippen MR) is 93.6 cm³/mol. The van der Waals surface area contributed by atoms with Crippen LogP contribution in [0.1, 0.15) is 5.56 Å². The SMILES string of the molecule is COc1c(Cl)cccc1-c1cc2ccccc2cc1CBr. The molecule has 0 saturated heterocycles. The molecule has 0 unspecified atom stereocenters. The highest BCUT2D eigenvalue weighted by Gasteiger charge is 2.13. The number of hydrogen-bond donors (Lipinski definition) is 0. The minimum absolute atomic E-state index is 0.628. The Bertz CT molecular complexity index is 798. The van der Waals surface area contributed by atoms with Crippen molar-refractivity contribution in [2.24, 2.45) is 0 Å². The summed E-state index contributed by atoms with van der Waals surface area (Å²) in [5.74, 6) is 0.719. The van der Waals surface area contributed by atoms with Crippen LogP contribution < -0.4 is 4.74 Å². The molecule has 0 fully saturated rings. The Morgan fingerprint density at radius 1 is 0.952 bits per heavy atom. The molecule has 3 aromatic rings. The maximum Gasteiger partial charge on any atom is 0.145 e. The summed E-state index contributed by atoms with van der Waals surface area (Å²) in [5, 5.41) is 3.85. The van der Waals surface area contributed by atoms with E-state index in [0.717, 1.165) is 22.2 Å². The summed E-state index contributed by atoms with van der Waals surface area (Å²) < 4.78 is 5.49. The van der Waals surface area contributed by atoms with Crippen molar-refractivity contribution < 1.29 is 4.74 Å². The van der Waals surface area contributed by atoms with Gasteiger partial charge in [0.2, 0.25) is 0 Å². The molecule has 3 heteroatoms. The smallest absolute Gasteiger partial charge is 0.145 e. The Hall–Kier alpha value is -1.51. The molecule has 0 atom stereocenters. The third-order valence-corrected chi connectivity index (χ3v) is 4.48. The Morgan fingerprint density at radius 3 is 2.33 bits per heavy atom. The fourth-order valence-electron chi connectivity index (χ4n) is 2.58. The van der Waals surface area contributed by atoms with E-state index >= 15 is 0 Å². The van der Waals surface area contributed by atoms with E-state index in [9.17, 15) is 0 Å². The highest BCUT2D eigenvalue weighted by Crippen LogP contribution is 2.39. The third-order valence-electron chi connectivity index (χ3n) is 3.58. The van der Waals surface area contributed by atoms with Crippen molar-refractivity contribution in [2.75, 3.05) is 7.11 Å². The van der Waals surface area contributed by atoms with Gasteiger partial charge in [-0.1, -0.05) is 63.9 Å². The van der Waals surface area contributed by atoms with Gasteiger partial charge in [0, 0.05) is 10.9 Å². The van der Waals surface area contributed by atoms with E-state index in [1.807, 2.05) is 18.2 Å². The topological polar surface area (TPSA) is 9.23 Å². The van der Waals surface area contributed by atoms with Gasteiger partial charge in [-0.2, -0.15) is 0 Å². The number of methoxy groups -OCH3 is 1. The zero-order valence-corrected chi connectivity index (χ0v) is 13.9. The van der Waals surface area contributed by atoms with E-state index in [1.54, 1.807) is 7.11 Å². The number of hydrogen-bond acceptors (Lipinski definition) is 1. The first kappa shape index (κ1) is 14.4. The summed E-state index contributed by atoms with van der Waals surface area (Å²) in [6, 6.07) is 18.6. The molecule has 0 aliphatic carbocycles. The summed E-state index contributed by atoms with van der Waals surface area (Å²) in [5.41, 5.74) is 3.38. The number of fused-ring (bicyclic) bond motifs is 1. The minimum Gasteiger partial charge on any atom is -0.495 e. The fourth-order valence-corrected chi connectivity index (χ4v) is 3.29. The second-order valence-electron chi connectivity index (χ2n) is 4.81. The van der Waals surface area contributed by atoms with Gasteiger partial charge in [-0.25, -0.2) is 0 Å². The molecule has 106 valence electrons. The molecule has 0 spiro atoms. The Kier molecular flexibility index (Phi) is 4.18. The highest BCUT2D eigenvalue weighted by atomic mass is 79.9. The van der Waals surface area contributed by atoms with Gasteiger partial charge in [-0.05, 0) is 40.1 Å². The van der Waals surface area contributed by atoms with E-state index in [4.69, 9.17) is 16.3 Å². The van der Waals surface area contributed by atoms with Crippen LogP contribution >= 0.6 is 27.5 Å². The lowest BCUT2D eigenvalue weighted by Gasteiger charge is -2.14. The quantitative estimate of drug-likeness (QED) is 0.515. The molecule has 0 aliphatic rings. The van der Waals surface area contributed by atoms with Crippen molar-refractivity contribution in [3.63, 3.8) is 0 Å². The van der Waals surface area contributed by atoms with Crippen molar-refractivity contribution in [1.29, 1.82) is 0 Å². The maximum absolute atomic E-state index is 6.26. The first-order chi connectivity index (χ1) is 10.2. The van der Waals surface area contributed by atoms with Gasteiger partial charge in [-0.15, -0.1) is 0 Å². The van der Waals surface area contributed by atoms with Crippen molar-refractivity contribution in [3.05, 3.63) is 65.2 Å². The largest absolute Gasteiger partial charge is 0.495 e. The van der Waals surface area contributed by atoms with Gasteiger partial charge in [0.1, 0.15) is 5.75 Å². The molecule has 0 N–H and O–H groups in total. The molecule has 0 aliphatic heterocycles. The Labute approximate surface area is 137 Å². The van der Waals surface area contributed by atoms with E-state index < -0.39 is 0 Å². The fraction of sp³-hybridized carbons (Fsp3) is 0.111. The second-order valence-corrected chi connectivity index (χ2v) is 5.78. The van der Waals surface area contributed by atoms with Crippen LogP contribution in [0.2, 0.25) is 5.02 Å². The first-order valence-corrected chi connectivity index (χ1v) is 8.15. The van der Waals surface area contributed by atoms with E-state index in [1.165, 1.54) is 16.3 Å². The molecule has 0 bridgehead atoms. The van der Waals surface area contributed by atoms with E-state index in [0.29, 0.717) is 5.02 Å². The van der Waals surface area contributed by atoms with Crippen molar-refractivity contribution >= 4 is 38.3 Å². The number of rotatable bonds is 3. The summed E-state index contributed by atoms with van der Waals surface area (Å²) in [4.78, 5) is 0. The van der Waals surface area contributed by atoms with Crippen LogP contribution in [0.25, 0.3) is 21.9 Å². The molecule has 0 radical (unpaired) electrons. The van der Waals surface area contributed by atoms with Gasteiger partial charge in [0.05, 0.1) is 12.1 Å². The van der Waals surface area contributed by atoms with E-state index in [-0.39, 0.29) is 0 Å². The number of alkyl halides is 1. The van der Waals surface area contributed by atoms with Crippen LogP contribution in [0.4, 0.5) is 0 Å². The second kappa shape index (κ2) is 6.08. The molecule has 3 aromatic carbocycles. The highest BCUT2D eigenvalue weighted by molar-refractivity contribution is 9.08. The first-order valence-electron chi connectivity index (χ1n) is 6.65. The average Bonchev–Trinajstić information content (AvgIpc) is 2.53. The summed E-state index contributed by atoms with van der Waals surface area (Å²) in [6.07, 6.45) is 0. The molecule has 0 amide bonds. The standard InChI is InChI=1S/C18H14BrClO/c1-21-18-15(7-4-8-17(18)20)16-10-13-6-3-2-5-12(13)9-14(16)11-19/h2-10H,11H2,1H3. The predicted octanol–water partition coefficient (Wildman–Crippen LogP) is 6.06. The number of halogens is 2. The zero-order valence-electron chi connectivity index (χ0n) is 11.6. The van der Waals surface area contributed by atoms with Crippen molar-refractivity contribution in [1.82, 2.24) is 0 Å². The minimum atomic E-state index is 0.628.